The third-order valence-corrected chi connectivity index (χ3v) is 1.98. The summed E-state index contributed by atoms with van der Waals surface area (Å²) in [6.45, 7) is 3.98. The quantitative estimate of drug-likeness (QED) is 0.662. The smallest absolute Gasteiger partial charge is 0.0418 e. The summed E-state index contributed by atoms with van der Waals surface area (Å²) in [4.78, 5) is 0. The molecule has 0 aliphatic heterocycles. The minimum atomic E-state index is 0.209. The van der Waals surface area contributed by atoms with Gasteiger partial charge in [-0.1, -0.05) is 38.1 Å². The Kier molecular flexibility index (Phi) is 2.96. The summed E-state index contributed by atoms with van der Waals surface area (Å²) in [5.74, 6) is 0.209. The predicted octanol–water partition coefficient (Wildman–Crippen LogP) is 2.71. The molecule has 68 valence electrons. The highest BCUT2D eigenvalue weighted by atomic mass is 14.4. The maximum Gasteiger partial charge on any atom is 0.0418 e. The van der Waals surface area contributed by atoms with Gasteiger partial charge in [0, 0.05) is 23.1 Å². The summed E-state index contributed by atoms with van der Waals surface area (Å²) in [5.41, 5.74) is 2.29. The lowest BCUT2D eigenvalue weighted by atomic mass is 9.96. The van der Waals surface area contributed by atoms with Crippen molar-refractivity contribution in [3.63, 3.8) is 0 Å². The van der Waals surface area contributed by atoms with Crippen molar-refractivity contribution in [1.29, 1.82) is 10.8 Å². The van der Waals surface area contributed by atoms with Crippen molar-refractivity contribution in [2.45, 2.75) is 13.8 Å². The Labute approximate surface area is 78.6 Å². The van der Waals surface area contributed by atoms with Gasteiger partial charge >= 0.3 is 0 Å². The summed E-state index contributed by atoms with van der Waals surface area (Å²) >= 11 is 0. The lowest BCUT2D eigenvalue weighted by molar-refractivity contribution is 0.877. The number of nitrogens with one attached hydrogen (secondary N) is 2. The molecule has 13 heavy (non-hydrogen) atoms. The predicted molar refractivity (Wildman–Crippen MR) is 56.0 cm³/mol. The fourth-order valence-corrected chi connectivity index (χ4v) is 1.18. The molecule has 0 fully saturated rings. The third kappa shape index (κ3) is 2.02. The van der Waals surface area contributed by atoms with Gasteiger partial charge in [0.05, 0.1) is 0 Å². The van der Waals surface area contributed by atoms with E-state index in [1.165, 1.54) is 6.21 Å². The number of rotatable bonds is 3. The van der Waals surface area contributed by atoms with Gasteiger partial charge in [-0.05, 0) is 5.92 Å². The number of hydrogen-bond acceptors (Lipinski definition) is 2. The molecular formula is C11H14N2. The molecule has 2 N–H and O–H groups in total. The maximum absolute atomic E-state index is 7.83. The maximum atomic E-state index is 7.83. The number of benzene rings is 1. The average Bonchev–Trinajstić information content (AvgIpc) is 2.16. The zero-order chi connectivity index (χ0) is 9.84. The summed E-state index contributed by atoms with van der Waals surface area (Å²) in [7, 11) is 0. The standard InChI is InChI=1S/C11H14N2/c1-8(2)11(13)10-6-4-3-5-9(10)7-12/h3-8,12-13H,1-2H3. The SMILES string of the molecule is CC(C)C(=N)c1ccccc1C=N. The van der Waals surface area contributed by atoms with Crippen LogP contribution in [0.3, 0.4) is 0 Å². The van der Waals surface area contributed by atoms with E-state index in [-0.39, 0.29) is 5.92 Å². The van der Waals surface area contributed by atoms with Crippen LogP contribution < -0.4 is 0 Å². The van der Waals surface area contributed by atoms with Gasteiger partial charge < -0.3 is 10.8 Å². The molecule has 0 spiro atoms. The Morgan fingerprint density at radius 2 is 1.92 bits per heavy atom. The molecule has 0 aliphatic carbocycles. The Hall–Kier alpha value is -1.44. The molecule has 0 atom stereocenters. The highest BCUT2D eigenvalue weighted by molar-refractivity contribution is 6.05. The van der Waals surface area contributed by atoms with Gasteiger partial charge in [-0.3, -0.25) is 0 Å². The molecule has 1 aromatic carbocycles. The highest BCUT2D eigenvalue weighted by Gasteiger charge is 2.08. The molecule has 0 amide bonds. The van der Waals surface area contributed by atoms with Crippen LogP contribution in [-0.2, 0) is 0 Å². The van der Waals surface area contributed by atoms with Gasteiger partial charge in [0.2, 0.25) is 0 Å². The van der Waals surface area contributed by atoms with E-state index in [1.807, 2.05) is 38.1 Å². The molecule has 1 rings (SSSR count). The lowest BCUT2D eigenvalue weighted by Crippen LogP contribution is -2.09. The molecule has 0 unspecified atom stereocenters. The fraction of sp³-hybridized carbons (Fsp3) is 0.273. The Bertz CT molecular complexity index is 327. The van der Waals surface area contributed by atoms with Crippen molar-refractivity contribution < 1.29 is 0 Å². The van der Waals surface area contributed by atoms with Crippen molar-refractivity contribution in [2.75, 3.05) is 0 Å². The Morgan fingerprint density at radius 3 is 2.46 bits per heavy atom. The van der Waals surface area contributed by atoms with E-state index in [0.29, 0.717) is 5.71 Å². The minimum Gasteiger partial charge on any atom is -0.308 e. The van der Waals surface area contributed by atoms with Crippen LogP contribution in [0.25, 0.3) is 0 Å². The second-order valence-electron chi connectivity index (χ2n) is 3.30. The molecule has 0 bridgehead atoms. The van der Waals surface area contributed by atoms with E-state index < -0.39 is 0 Å². The molecular weight excluding hydrogens is 160 g/mol. The van der Waals surface area contributed by atoms with Crippen LogP contribution in [0.4, 0.5) is 0 Å². The van der Waals surface area contributed by atoms with Crippen molar-refractivity contribution in [3.8, 4) is 0 Å². The first kappa shape index (κ1) is 9.65. The van der Waals surface area contributed by atoms with Gasteiger partial charge in [-0.2, -0.15) is 0 Å². The van der Waals surface area contributed by atoms with Gasteiger partial charge in [0.25, 0.3) is 0 Å². The van der Waals surface area contributed by atoms with Crippen LogP contribution >= 0.6 is 0 Å². The van der Waals surface area contributed by atoms with Crippen LogP contribution in [0.5, 0.6) is 0 Å². The second kappa shape index (κ2) is 3.99. The van der Waals surface area contributed by atoms with E-state index in [9.17, 15) is 0 Å². The summed E-state index contributed by atoms with van der Waals surface area (Å²) in [6, 6.07) is 7.54. The van der Waals surface area contributed by atoms with Crippen LogP contribution in [0.2, 0.25) is 0 Å². The highest BCUT2D eigenvalue weighted by Crippen LogP contribution is 2.11. The molecule has 0 aliphatic rings. The monoisotopic (exact) mass is 174 g/mol. The van der Waals surface area contributed by atoms with Gasteiger partial charge in [0.15, 0.2) is 0 Å². The van der Waals surface area contributed by atoms with Gasteiger partial charge in [-0.25, -0.2) is 0 Å². The van der Waals surface area contributed by atoms with Crippen molar-refractivity contribution in [2.24, 2.45) is 5.92 Å². The van der Waals surface area contributed by atoms with Crippen LogP contribution in [0, 0.1) is 16.7 Å². The Balaban J connectivity index is 3.13. The average molecular weight is 174 g/mol. The van der Waals surface area contributed by atoms with E-state index >= 15 is 0 Å². The zero-order valence-corrected chi connectivity index (χ0v) is 7.96. The van der Waals surface area contributed by atoms with E-state index in [1.54, 1.807) is 0 Å². The molecule has 0 saturated heterocycles. The Morgan fingerprint density at radius 1 is 1.31 bits per heavy atom. The van der Waals surface area contributed by atoms with E-state index in [2.05, 4.69) is 0 Å². The molecule has 0 heterocycles. The van der Waals surface area contributed by atoms with Crippen LogP contribution in [-0.4, -0.2) is 11.9 Å². The first-order chi connectivity index (χ1) is 6.16. The lowest BCUT2D eigenvalue weighted by Gasteiger charge is -2.09. The van der Waals surface area contributed by atoms with E-state index in [0.717, 1.165) is 11.1 Å². The summed E-state index contributed by atoms with van der Waals surface area (Å²) < 4.78 is 0. The van der Waals surface area contributed by atoms with Crippen LogP contribution in [0.15, 0.2) is 24.3 Å². The largest absolute Gasteiger partial charge is 0.308 e. The normalized spacial score (nSPS) is 10.1. The second-order valence-corrected chi connectivity index (χ2v) is 3.30. The third-order valence-electron chi connectivity index (χ3n) is 1.98. The van der Waals surface area contributed by atoms with Crippen molar-refractivity contribution in [1.82, 2.24) is 0 Å². The van der Waals surface area contributed by atoms with Crippen LogP contribution in [0.1, 0.15) is 25.0 Å². The fourth-order valence-electron chi connectivity index (χ4n) is 1.18. The van der Waals surface area contributed by atoms with Gasteiger partial charge in [0.1, 0.15) is 0 Å². The molecule has 0 aromatic heterocycles. The summed E-state index contributed by atoms with van der Waals surface area (Å²) in [5, 5.41) is 15.0. The molecule has 1 aromatic rings. The zero-order valence-electron chi connectivity index (χ0n) is 7.96. The number of hydrogen-bond donors (Lipinski definition) is 2. The topological polar surface area (TPSA) is 47.7 Å². The minimum absolute atomic E-state index is 0.209. The first-order valence-electron chi connectivity index (χ1n) is 4.35. The molecule has 2 nitrogen and oxygen atoms in total. The summed E-state index contributed by atoms with van der Waals surface area (Å²) in [6.07, 6.45) is 1.30. The first-order valence-corrected chi connectivity index (χ1v) is 4.35. The van der Waals surface area contributed by atoms with E-state index in [4.69, 9.17) is 10.8 Å². The van der Waals surface area contributed by atoms with Crippen molar-refractivity contribution in [3.05, 3.63) is 35.4 Å². The molecule has 0 radical (unpaired) electrons. The molecule has 2 heteroatoms. The molecule has 0 saturated carbocycles. The van der Waals surface area contributed by atoms with Crippen molar-refractivity contribution >= 4 is 11.9 Å². The van der Waals surface area contributed by atoms with Gasteiger partial charge in [-0.15, -0.1) is 0 Å².